The van der Waals surface area contributed by atoms with E-state index in [-0.39, 0.29) is 9.28 Å². The van der Waals surface area contributed by atoms with Gasteiger partial charge in [0.05, 0.1) is 0 Å². The molecule has 0 aliphatic carbocycles. The zero-order valence-electron chi connectivity index (χ0n) is 6.02. The summed E-state index contributed by atoms with van der Waals surface area (Å²) in [6.07, 6.45) is 0. The molecular weight excluding hydrogens is 136 g/mol. The van der Waals surface area contributed by atoms with Gasteiger partial charge in [0.25, 0.3) is 0 Å². The molecule has 0 heterocycles. The zero-order valence-corrected chi connectivity index (χ0v) is 8.44. The summed E-state index contributed by atoms with van der Waals surface area (Å²) in [5.74, 6) is 0. The smallest absolute Gasteiger partial charge is 0.197 e. The maximum absolute atomic E-state index is 5.25. The number of hydrogen-bond acceptors (Lipinski definition) is 2. The quantitative estimate of drug-likeness (QED) is 0.530. The molecule has 0 aromatic carbocycles. The van der Waals surface area contributed by atoms with Crippen LogP contribution in [-0.2, 0) is 8.85 Å². The standard InChI is InChI=1S/C4H14O2Si2/c1-5-7-8(3,4)6-2/h7H2,1-4H3. The van der Waals surface area contributed by atoms with Crippen molar-refractivity contribution < 1.29 is 8.85 Å². The second kappa shape index (κ2) is 3.39. The van der Waals surface area contributed by atoms with E-state index >= 15 is 0 Å². The van der Waals surface area contributed by atoms with Gasteiger partial charge in [-0.05, 0) is 13.1 Å². The normalized spacial score (nSPS) is 13.5. The molecule has 0 fully saturated rings. The maximum Gasteiger partial charge on any atom is 0.197 e. The summed E-state index contributed by atoms with van der Waals surface area (Å²) in [5, 5.41) is 0. The van der Waals surface area contributed by atoms with Crippen LogP contribution in [0.25, 0.3) is 0 Å². The molecule has 0 amide bonds. The van der Waals surface area contributed by atoms with Crippen LogP contribution in [0.2, 0.25) is 13.1 Å². The van der Waals surface area contributed by atoms with Crippen molar-refractivity contribution in [1.29, 1.82) is 0 Å². The minimum atomic E-state index is -1.26. The molecule has 0 rings (SSSR count). The predicted molar refractivity (Wildman–Crippen MR) is 40.0 cm³/mol. The van der Waals surface area contributed by atoms with E-state index in [0.717, 1.165) is 0 Å². The molecule has 2 nitrogen and oxygen atoms in total. The van der Waals surface area contributed by atoms with Crippen LogP contribution in [0.3, 0.4) is 0 Å². The molecule has 0 bridgehead atoms. The number of rotatable bonds is 3. The van der Waals surface area contributed by atoms with E-state index in [0.29, 0.717) is 0 Å². The Morgan fingerprint density at radius 3 is 1.88 bits per heavy atom. The third-order valence-corrected chi connectivity index (χ3v) is 6.95. The molecule has 0 aliphatic heterocycles. The SMILES string of the molecule is CO[SiH2][Si](C)(C)OC. The maximum atomic E-state index is 5.25. The average Bonchev–Trinajstić information content (AvgIpc) is 1.67. The van der Waals surface area contributed by atoms with Gasteiger partial charge in [0.15, 0.2) is 17.1 Å². The second-order valence-electron chi connectivity index (χ2n) is 2.40. The Labute approximate surface area is 54.1 Å². The first-order chi connectivity index (χ1) is 3.62. The first-order valence-electron chi connectivity index (χ1n) is 2.66. The Bertz CT molecular complexity index is 65.1. The molecule has 0 unspecified atom stereocenters. The van der Waals surface area contributed by atoms with Gasteiger partial charge in [-0.3, -0.25) is 0 Å². The fourth-order valence-electron chi connectivity index (χ4n) is 0.407. The summed E-state index contributed by atoms with van der Waals surface area (Å²) in [6.45, 7) is 4.37. The van der Waals surface area contributed by atoms with Gasteiger partial charge in [0.2, 0.25) is 0 Å². The van der Waals surface area contributed by atoms with Crippen molar-refractivity contribution >= 4 is 17.1 Å². The van der Waals surface area contributed by atoms with Crippen LogP contribution in [0.5, 0.6) is 0 Å². The van der Waals surface area contributed by atoms with Crippen molar-refractivity contribution in [2.45, 2.75) is 13.1 Å². The third kappa shape index (κ3) is 3.37. The van der Waals surface area contributed by atoms with E-state index in [1.165, 1.54) is 0 Å². The van der Waals surface area contributed by atoms with Crippen LogP contribution in [0.4, 0.5) is 0 Å². The summed E-state index contributed by atoms with van der Waals surface area (Å²) < 4.78 is 10.3. The highest BCUT2D eigenvalue weighted by Gasteiger charge is 2.20. The van der Waals surface area contributed by atoms with Crippen LogP contribution in [-0.4, -0.2) is 31.3 Å². The predicted octanol–water partition coefficient (Wildman–Crippen LogP) is 0.0648. The zero-order chi connectivity index (χ0) is 6.62. The lowest BCUT2D eigenvalue weighted by Gasteiger charge is -2.16. The van der Waals surface area contributed by atoms with Gasteiger partial charge in [-0.2, -0.15) is 0 Å². The molecule has 0 radical (unpaired) electrons. The highest BCUT2D eigenvalue weighted by atomic mass is 29.2. The van der Waals surface area contributed by atoms with E-state index in [9.17, 15) is 0 Å². The molecule has 0 saturated heterocycles. The highest BCUT2D eigenvalue weighted by molar-refractivity contribution is 7.17. The Hall–Kier alpha value is 0.354. The Kier molecular flexibility index (Phi) is 3.54. The second-order valence-corrected chi connectivity index (χ2v) is 13.2. The van der Waals surface area contributed by atoms with E-state index in [2.05, 4.69) is 13.1 Å². The molecule has 0 saturated carbocycles. The lowest BCUT2D eigenvalue weighted by Crippen LogP contribution is -2.38. The first kappa shape index (κ1) is 8.35. The van der Waals surface area contributed by atoms with Crippen molar-refractivity contribution in [3.8, 4) is 0 Å². The largest absolute Gasteiger partial charge is 0.428 e. The summed E-state index contributed by atoms with van der Waals surface area (Å²) in [6, 6.07) is 0. The molecule has 50 valence electrons. The minimum Gasteiger partial charge on any atom is -0.428 e. The molecule has 8 heavy (non-hydrogen) atoms. The van der Waals surface area contributed by atoms with Crippen LogP contribution >= 0.6 is 0 Å². The molecule has 0 aromatic rings. The summed E-state index contributed by atoms with van der Waals surface area (Å²) in [5.41, 5.74) is 0. The van der Waals surface area contributed by atoms with Gasteiger partial charge in [-0.25, -0.2) is 0 Å². The van der Waals surface area contributed by atoms with Gasteiger partial charge in [-0.15, -0.1) is 0 Å². The Morgan fingerprint density at radius 2 is 1.75 bits per heavy atom. The van der Waals surface area contributed by atoms with Crippen molar-refractivity contribution in [3.05, 3.63) is 0 Å². The molecule has 0 aliphatic rings. The van der Waals surface area contributed by atoms with Crippen LogP contribution in [0.1, 0.15) is 0 Å². The van der Waals surface area contributed by atoms with E-state index in [1.807, 2.05) is 0 Å². The lowest BCUT2D eigenvalue weighted by atomic mass is 11.8. The lowest BCUT2D eigenvalue weighted by molar-refractivity contribution is 0.399. The van der Waals surface area contributed by atoms with E-state index in [4.69, 9.17) is 8.85 Å². The van der Waals surface area contributed by atoms with Gasteiger partial charge in [-0.1, -0.05) is 0 Å². The van der Waals surface area contributed by atoms with E-state index in [1.54, 1.807) is 14.2 Å². The molecular formula is C4H14O2Si2. The van der Waals surface area contributed by atoms with Crippen molar-refractivity contribution in [2.75, 3.05) is 14.2 Å². The van der Waals surface area contributed by atoms with Gasteiger partial charge < -0.3 is 8.85 Å². The van der Waals surface area contributed by atoms with Gasteiger partial charge in [0, 0.05) is 14.2 Å². The summed E-state index contributed by atoms with van der Waals surface area (Å²) in [4.78, 5) is 0. The topological polar surface area (TPSA) is 18.5 Å². The van der Waals surface area contributed by atoms with Crippen LogP contribution < -0.4 is 0 Å². The fraction of sp³-hybridized carbons (Fsp3) is 1.00. The van der Waals surface area contributed by atoms with Crippen LogP contribution in [0.15, 0.2) is 0 Å². The molecule has 4 heteroatoms. The van der Waals surface area contributed by atoms with Gasteiger partial charge in [0.1, 0.15) is 0 Å². The van der Waals surface area contributed by atoms with E-state index < -0.39 is 7.83 Å². The van der Waals surface area contributed by atoms with Gasteiger partial charge >= 0.3 is 0 Å². The van der Waals surface area contributed by atoms with Crippen molar-refractivity contribution in [2.24, 2.45) is 0 Å². The average molecular weight is 150 g/mol. The third-order valence-electron chi connectivity index (χ3n) is 1.04. The molecule has 0 N–H and O–H groups in total. The Morgan fingerprint density at radius 1 is 1.25 bits per heavy atom. The Balaban J connectivity index is 3.37. The molecule has 0 aromatic heterocycles. The summed E-state index contributed by atoms with van der Waals surface area (Å²) >= 11 is 0. The monoisotopic (exact) mass is 150 g/mol. The van der Waals surface area contributed by atoms with Crippen molar-refractivity contribution in [1.82, 2.24) is 0 Å². The van der Waals surface area contributed by atoms with Crippen LogP contribution in [0, 0.1) is 0 Å². The fourth-order valence-corrected chi connectivity index (χ4v) is 3.66. The molecule has 0 atom stereocenters. The minimum absolute atomic E-state index is 0.334. The number of hydrogen-bond donors (Lipinski definition) is 0. The first-order valence-corrected chi connectivity index (χ1v) is 8.48. The molecule has 0 spiro atoms. The van der Waals surface area contributed by atoms with Crippen molar-refractivity contribution in [3.63, 3.8) is 0 Å². The summed E-state index contributed by atoms with van der Waals surface area (Å²) in [7, 11) is 1.95. The highest BCUT2D eigenvalue weighted by Crippen LogP contribution is 1.98.